The van der Waals surface area contributed by atoms with Gasteiger partial charge in [-0.1, -0.05) is 12.1 Å². The maximum Gasteiger partial charge on any atom is 0.306 e. The number of hydrogen-bond acceptors (Lipinski definition) is 3. The van der Waals surface area contributed by atoms with E-state index in [4.69, 9.17) is 9.84 Å². The topological polar surface area (TPSA) is 66.8 Å². The fraction of sp³-hybridized carbons (Fsp3) is 0.533. The van der Waals surface area contributed by atoms with Gasteiger partial charge in [0.2, 0.25) is 0 Å². The normalized spacial score (nSPS) is 28.4. The van der Waals surface area contributed by atoms with E-state index in [9.17, 15) is 9.90 Å². The molecule has 1 heterocycles. The van der Waals surface area contributed by atoms with E-state index in [1.165, 1.54) is 11.1 Å². The van der Waals surface area contributed by atoms with Crippen LogP contribution in [0.1, 0.15) is 30.4 Å². The summed E-state index contributed by atoms with van der Waals surface area (Å²) in [6.07, 6.45) is 3.15. The first-order chi connectivity index (χ1) is 9.06. The fourth-order valence-corrected chi connectivity index (χ4v) is 3.01. The molecule has 1 saturated carbocycles. The highest BCUT2D eigenvalue weighted by Crippen LogP contribution is 2.41. The van der Waals surface area contributed by atoms with Gasteiger partial charge in [-0.15, -0.1) is 0 Å². The lowest BCUT2D eigenvalue weighted by Gasteiger charge is -2.41. The number of aliphatic carboxylic acids is 1. The second-order valence-electron chi connectivity index (χ2n) is 5.71. The van der Waals surface area contributed by atoms with Gasteiger partial charge in [0.25, 0.3) is 0 Å². The summed E-state index contributed by atoms with van der Waals surface area (Å²) in [5.74, 6) is -0.185. The Balaban J connectivity index is 1.57. The number of rotatable bonds is 4. The molecule has 0 saturated heterocycles. The van der Waals surface area contributed by atoms with Crippen molar-refractivity contribution in [1.82, 2.24) is 0 Å². The van der Waals surface area contributed by atoms with E-state index < -0.39 is 11.6 Å². The molecule has 4 nitrogen and oxygen atoms in total. The van der Waals surface area contributed by atoms with Gasteiger partial charge in [0.15, 0.2) is 0 Å². The van der Waals surface area contributed by atoms with Gasteiger partial charge in [-0.25, -0.2) is 0 Å². The SMILES string of the molecule is O=C(O)C1CC(O)(CCc2ccc3c(c2)CCO3)C1. The molecule has 0 bridgehead atoms. The van der Waals surface area contributed by atoms with Crippen LogP contribution in [-0.2, 0) is 17.6 Å². The van der Waals surface area contributed by atoms with E-state index in [1.54, 1.807) is 0 Å². The van der Waals surface area contributed by atoms with E-state index in [0.29, 0.717) is 19.3 Å². The maximum absolute atomic E-state index is 10.7. The molecule has 102 valence electrons. The van der Waals surface area contributed by atoms with Gasteiger partial charge in [0.05, 0.1) is 18.1 Å². The number of aliphatic hydroxyl groups is 1. The van der Waals surface area contributed by atoms with Crippen LogP contribution in [0.4, 0.5) is 0 Å². The number of carbonyl (C=O) groups is 1. The van der Waals surface area contributed by atoms with Gasteiger partial charge in [0, 0.05) is 6.42 Å². The predicted octanol–water partition coefficient (Wildman–Crippen LogP) is 1.78. The number of ether oxygens (including phenoxy) is 1. The summed E-state index contributed by atoms with van der Waals surface area (Å²) in [5, 5.41) is 19.0. The first-order valence-corrected chi connectivity index (χ1v) is 6.76. The summed E-state index contributed by atoms with van der Waals surface area (Å²) in [4.78, 5) is 10.7. The Morgan fingerprint density at radius 3 is 2.95 bits per heavy atom. The molecule has 2 N–H and O–H groups in total. The molecular weight excluding hydrogens is 244 g/mol. The van der Waals surface area contributed by atoms with Crippen molar-refractivity contribution in [3.05, 3.63) is 29.3 Å². The Hall–Kier alpha value is -1.55. The van der Waals surface area contributed by atoms with E-state index in [2.05, 4.69) is 6.07 Å². The van der Waals surface area contributed by atoms with Crippen molar-refractivity contribution >= 4 is 5.97 Å². The number of benzene rings is 1. The van der Waals surface area contributed by atoms with Crippen LogP contribution in [0.3, 0.4) is 0 Å². The third-order valence-electron chi connectivity index (χ3n) is 4.23. The lowest BCUT2D eigenvalue weighted by atomic mass is 9.68. The molecule has 1 aromatic rings. The maximum atomic E-state index is 10.7. The van der Waals surface area contributed by atoms with Crippen LogP contribution in [-0.4, -0.2) is 28.4 Å². The average Bonchev–Trinajstić information content (AvgIpc) is 2.80. The molecule has 0 spiro atoms. The fourth-order valence-electron chi connectivity index (χ4n) is 3.01. The minimum atomic E-state index is -0.792. The molecule has 4 heteroatoms. The first kappa shape index (κ1) is 12.5. The number of hydrogen-bond donors (Lipinski definition) is 2. The minimum Gasteiger partial charge on any atom is -0.493 e. The molecular formula is C15H18O4. The highest BCUT2D eigenvalue weighted by Gasteiger charge is 2.45. The Kier molecular flexibility index (Phi) is 2.97. The first-order valence-electron chi connectivity index (χ1n) is 6.76. The van der Waals surface area contributed by atoms with E-state index in [-0.39, 0.29) is 5.92 Å². The molecule has 0 radical (unpaired) electrons. The molecule has 19 heavy (non-hydrogen) atoms. The molecule has 0 atom stereocenters. The van der Waals surface area contributed by atoms with Gasteiger partial charge < -0.3 is 14.9 Å². The standard InChI is InChI=1S/C15H18O4/c16-14(17)12-8-15(18,9-12)5-3-10-1-2-13-11(7-10)4-6-19-13/h1-2,7,12,18H,3-6,8-9H2,(H,16,17). The quantitative estimate of drug-likeness (QED) is 0.868. The van der Waals surface area contributed by atoms with Gasteiger partial charge in [0.1, 0.15) is 5.75 Å². The lowest BCUT2D eigenvalue weighted by Crippen LogP contribution is -2.47. The molecule has 3 rings (SSSR count). The molecule has 0 aromatic heterocycles. The highest BCUT2D eigenvalue weighted by atomic mass is 16.5. The third kappa shape index (κ3) is 2.45. The molecule has 2 aliphatic rings. The molecule has 1 fully saturated rings. The summed E-state index contributed by atoms with van der Waals surface area (Å²) in [6, 6.07) is 6.16. The van der Waals surface area contributed by atoms with Gasteiger partial charge in [-0.05, 0) is 42.9 Å². The van der Waals surface area contributed by atoms with E-state index in [1.807, 2.05) is 12.1 Å². The van der Waals surface area contributed by atoms with Crippen molar-refractivity contribution in [1.29, 1.82) is 0 Å². The van der Waals surface area contributed by atoms with Crippen LogP contribution < -0.4 is 4.74 Å². The van der Waals surface area contributed by atoms with Crippen molar-refractivity contribution in [2.24, 2.45) is 5.92 Å². The smallest absolute Gasteiger partial charge is 0.306 e. The Bertz CT molecular complexity index is 503. The Morgan fingerprint density at radius 2 is 2.21 bits per heavy atom. The molecule has 1 aliphatic carbocycles. The zero-order valence-electron chi connectivity index (χ0n) is 10.8. The molecule has 1 aromatic carbocycles. The van der Waals surface area contributed by atoms with Crippen LogP contribution in [0.5, 0.6) is 5.75 Å². The van der Waals surface area contributed by atoms with E-state index >= 15 is 0 Å². The van der Waals surface area contributed by atoms with Crippen molar-refractivity contribution in [2.45, 2.75) is 37.7 Å². The number of aryl methyl sites for hydroxylation is 1. The molecule has 1 aliphatic heterocycles. The summed E-state index contributed by atoms with van der Waals surface area (Å²) in [7, 11) is 0. The number of carboxylic acid groups (broad SMARTS) is 1. The van der Waals surface area contributed by atoms with Crippen molar-refractivity contribution in [3.63, 3.8) is 0 Å². The second-order valence-corrected chi connectivity index (χ2v) is 5.71. The molecule has 0 amide bonds. The van der Waals surface area contributed by atoms with Crippen molar-refractivity contribution in [3.8, 4) is 5.75 Å². The van der Waals surface area contributed by atoms with Crippen LogP contribution >= 0.6 is 0 Å². The summed E-state index contributed by atoms with van der Waals surface area (Å²) < 4.78 is 5.46. The largest absolute Gasteiger partial charge is 0.493 e. The van der Waals surface area contributed by atoms with Gasteiger partial charge >= 0.3 is 5.97 Å². The van der Waals surface area contributed by atoms with Crippen molar-refractivity contribution < 1.29 is 19.7 Å². The highest BCUT2D eigenvalue weighted by molar-refractivity contribution is 5.71. The summed E-state index contributed by atoms with van der Waals surface area (Å²) in [6.45, 7) is 0.753. The zero-order valence-corrected chi connectivity index (χ0v) is 10.8. The zero-order chi connectivity index (χ0) is 13.5. The summed E-state index contributed by atoms with van der Waals surface area (Å²) >= 11 is 0. The number of carboxylic acids is 1. The minimum absolute atomic E-state index is 0.363. The number of fused-ring (bicyclic) bond motifs is 1. The average molecular weight is 262 g/mol. The van der Waals surface area contributed by atoms with Gasteiger partial charge in [-0.2, -0.15) is 0 Å². The summed E-state index contributed by atoms with van der Waals surface area (Å²) in [5.41, 5.74) is 1.65. The van der Waals surface area contributed by atoms with Gasteiger partial charge in [-0.3, -0.25) is 4.79 Å². The Labute approximate surface area is 112 Å². The second kappa shape index (κ2) is 4.53. The lowest BCUT2D eigenvalue weighted by molar-refractivity contribution is -0.158. The van der Waals surface area contributed by atoms with Crippen LogP contribution in [0.2, 0.25) is 0 Å². The Morgan fingerprint density at radius 1 is 1.42 bits per heavy atom. The van der Waals surface area contributed by atoms with Crippen LogP contribution in [0.15, 0.2) is 18.2 Å². The van der Waals surface area contributed by atoms with Crippen LogP contribution in [0.25, 0.3) is 0 Å². The third-order valence-corrected chi connectivity index (χ3v) is 4.23. The van der Waals surface area contributed by atoms with Crippen molar-refractivity contribution in [2.75, 3.05) is 6.61 Å². The molecule has 0 unspecified atom stereocenters. The predicted molar refractivity (Wildman–Crippen MR) is 69.3 cm³/mol. The van der Waals surface area contributed by atoms with E-state index in [0.717, 1.165) is 25.2 Å². The van der Waals surface area contributed by atoms with Crippen LogP contribution in [0, 0.1) is 5.92 Å². The monoisotopic (exact) mass is 262 g/mol.